The molecule has 2 aromatic heterocycles. The first-order valence-electron chi connectivity index (χ1n) is 16.6. The molecule has 0 unspecified atom stereocenters. The molecule has 1 aliphatic carbocycles. The lowest BCUT2D eigenvalue weighted by Gasteiger charge is -2.40. The molecule has 1 aliphatic heterocycles. The lowest BCUT2D eigenvalue weighted by atomic mass is 9.75. The number of fused-ring (bicyclic) bond motifs is 1. The Bertz CT molecular complexity index is 1550. The second-order valence-electron chi connectivity index (χ2n) is 13.0. The Kier molecular flexibility index (Phi) is 10.0. The minimum absolute atomic E-state index is 0.0187. The van der Waals surface area contributed by atoms with Gasteiger partial charge in [-0.1, -0.05) is 56.1 Å². The Hall–Kier alpha value is -3.04. The van der Waals surface area contributed by atoms with E-state index in [-0.39, 0.29) is 5.60 Å². The van der Waals surface area contributed by atoms with Crippen LogP contribution >= 0.6 is 11.6 Å². The number of nitrogens with one attached hydrogen (secondary N) is 1. The zero-order valence-corrected chi connectivity index (χ0v) is 27.6. The zero-order valence-electron chi connectivity index (χ0n) is 26.9. The van der Waals surface area contributed by atoms with Gasteiger partial charge in [-0.2, -0.15) is 0 Å². The van der Waals surface area contributed by atoms with E-state index < -0.39 is 5.82 Å². The maximum Gasteiger partial charge on any atom is 0.245 e. The molecular formula is C36H46ClFN6O. The normalized spacial score (nSPS) is 21.4. The van der Waals surface area contributed by atoms with Gasteiger partial charge in [0.05, 0.1) is 17.3 Å². The van der Waals surface area contributed by atoms with E-state index in [4.69, 9.17) is 21.4 Å². The largest absolute Gasteiger partial charge is 0.375 e. The number of aromatic nitrogens is 3. The first kappa shape index (κ1) is 31.9. The summed E-state index contributed by atoms with van der Waals surface area (Å²) < 4.78 is 22.6. The van der Waals surface area contributed by atoms with E-state index in [9.17, 15) is 4.39 Å². The van der Waals surface area contributed by atoms with Gasteiger partial charge >= 0.3 is 0 Å². The fourth-order valence-corrected chi connectivity index (χ4v) is 7.31. The summed E-state index contributed by atoms with van der Waals surface area (Å²) in [5.41, 5.74) is 6.26. The Morgan fingerprint density at radius 3 is 2.44 bits per heavy atom. The molecule has 9 heteroatoms. The minimum Gasteiger partial charge on any atom is -0.375 e. The van der Waals surface area contributed by atoms with Gasteiger partial charge in [0.2, 0.25) is 5.95 Å². The summed E-state index contributed by atoms with van der Waals surface area (Å²) in [5.74, 6) is 0.344. The molecule has 2 fully saturated rings. The Labute approximate surface area is 271 Å². The molecule has 1 saturated heterocycles. The highest BCUT2D eigenvalue weighted by Gasteiger charge is 2.37. The van der Waals surface area contributed by atoms with Crippen LogP contribution in [0.2, 0.25) is 5.02 Å². The van der Waals surface area contributed by atoms with Crippen molar-refractivity contribution < 1.29 is 9.13 Å². The number of likely N-dealkylation sites (N-methyl/N-ethyl adjacent to an activating group) is 1. The molecule has 7 nitrogen and oxygen atoms in total. The number of ether oxygens (including phenoxy) is 1. The molecule has 2 aliphatic rings. The van der Waals surface area contributed by atoms with Crippen LogP contribution in [-0.4, -0.2) is 69.8 Å². The van der Waals surface area contributed by atoms with Gasteiger partial charge in [-0.3, -0.25) is 4.90 Å². The summed E-state index contributed by atoms with van der Waals surface area (Å²) >= 11 is 6.12. The lowest BCUT2D eigenvalue weighted by molar-refractivity contribution is -0.0789. The average molecular weight is 633 g/mol. The second-order valence-corrected chi connectivity index (χ2v) is 13.4. The maximum absolute atomic E-state index is 14.1. The molecular weight excluding hydrogens is 587 g/mol. The van der Waals surface area contributed by atoms with Crippen LogP contribution in [-0.2, 0) is 11.3 Å². The van der Waals surface area contributed by atoms with E-state index >= 15 is 0 Å². The fraction of sp³-hybridized carbons (Fsp3) is 0.500. The number of hydrogen-bond acceptors (Lipinski definition) is 6. The molecule has 0 spiro atoms. The number of nitrogens with zero attached hydrogens (tertiary/aromatic N) is 5. The zero-order chi connectivity index (χ0) is 31.4. The standard InChI is InChI=1S/C36H46ClFN6O/c1-4-12-36(45-19-5-2)13-10-28(11-14-36)33-23-32(27-8-6-26(7-9-27)25-43-17-15-42(3)16-18-43)34-24-39-35(41-44(33)34)40-31-21-29(37)20-30(38)22-31/h6-9,20-24,28H,4-5,10-19,25H2,1-3H3,(H,40,41). The average Bonchev–Trinajstić information content (AvgIpc) is 3.40. The van der Waals surface area contributed by atoms with Crippen molar-refractivity contribution in [2.75, 3.05) is 45.2 Å². The number of piperazine rings is 1. The summed E-state index contributed by atoms with van der Waals surface area (Å²) in [6, 6.07) is 15.7. The summed E-state index contributed by atoms with van der Waals surface area (Å²) in [6.45, 7) is 10.7. The van der Waals surface area contributed by atoms with Gasteiger partial charge in [-0.05, 0) is 81.0 Å². The van der Waals surface area contributed by atoms with Gasteiger partial charge < -0.3 is 15.0 Å². The van der Waals surface area contributed by atoms with Crippen LogP contribution in [0.15, 0.2) is 54.7 Å². The second kappa shape index (κ2) is 14.2. The van der Waals surface area contributed by atoms with Crippen LogP contribution in [0, 0.1) is 5.82 Å². The molecule has 0 radical (unpaired) electrons. The van der Waals surface area contributed by atoms with Crippen LogP contribution in [0.25, 0.3) is 16.6 Å². The SMILES string of the molecule is CCCOC1(CCC)CCC(c2cc(-c3ccc(CN4CCN(C)CC4)cc3)c3cnc(Nc4cc(F)cc(Cl)c4)nn23)CC1. The van der Waals surface area contributed by atoms with Crippen molar-refractivity contribution in [3.63, 3.8) is 0 Å². The topological polar surface area (TPSA) is 57.9 Å². The van der Waals surface area contributed by atoms with E-state index in [1.165, 1.54) is 23.4 Å². The van der Waals surface area contributed by atoms with Gasteiger partial charge in [0.15, 0.2) is 0 Å². The van der Waals surface area contributed by atoms with E-state index in [1.807, 2.05) is 10.7 Å². The molecule has 45 heavy (non-hydrogen) atoms. The monoisotopic (exact) mass is 632 g/mol. The van der Waals surface area contributed by atoms with Gasteiger partial charge in [-0.25, -0.2) is 13.9 Å². The first-order valence-corrected chi connectivity index (χ1v) is 17.0. The van der Waals surface area contributed by atoms with Crippen LogP contribution < -0.4 is 5.32 Å². The molecule has 0 amide bonds. The van der Waals surface area contributed by atoms with Crippen molar-refractivity contribution >= 4 is 28.8 Å². The van der Waals surface area contributed by atoms with E-state index in [1.54, 1.807) is 6.07 Å². The highest BCUT2D eigenvalue weighted by atomic mass is 35.5. The Morgan fingerprint density at radius 2 is 1.76 bits per heavy atom. The third-order valence-corrected chi connectivity index (χ3v) is 9.78. The predicted molar refractivity (Wildman–Crippen MR) is 181 cm³/mol. The third-order valence-electron chi connectivity index (χ3n) is 9.56. The summed E-state index contributed by atoms with van der Waals surface area (Å²) in [4.78, 5) is 9.57. The van der Waals surface area contributed by atoms with Crippen molar-refractivity contribution in [1.82, 2.24) is 24.4 Å². The van der Waals surface area contributed by atoms with Gasteiger partial charge in [-0.15, -0.1) is 5.10 Å². The highest BCUT2D eigenvalue weighted by Crippen LogP contribution is 2.44. The van der Waals surface area contributed by atoms with Crippen LogP contribution in [0.1, 0.15) is 76.0 Å². The molecule has 240 valence electrons. The van der Waals surface area contributed by atoms with E-state index in [0.717, 1.165) is 101 Å². The molecule has 2 aromatic carbocycles. The van der Waals surface area contributed by atoms with Crippen molar-refractivity contribution in [1.29, 1.82) is 0 Å². The third kappa shape index (κ3) is 7.51. The molecule has 1 N–H and O–H groups in total. The maximum atomic E-state index is 14.1. The first-order chi connectivity index (χ1) is 21.8. The highest BCUT2D eigenvalue weighted by molar-refractivity contribution is 6.30. The molecule has 4 aromatic rings. The number of anilines is 2. The quantitative estimate of drug-likeness (QED) is 0.179. The molecule has 6 rings (SSSR count). The van der Waals surface area contributed by atoms with E-state index in [2.05, 4.69) is 71.3 Å². The summed E-state index contributed by atoms with van der Waals surface area (Å²) in [5, 5.41) is 8.45. The molecule has 0 atom stereocenters. The smallest absolute Gasteiger partial charge is 0.245 e. The van der Waals surface area contributed by atoms with Crippen LogP contribution in [0.3, 0.4) is 0 Å². The molecule has 0 bridgehead atoms. The lowest BCUT2D eigenvalue weighted by Crippen LogP contribution is -2.43. The van der Waals surface area contributed by atoms with Crippen LogP contribution in [0.4, 0.5) is 16.0 Å². The van der Waals surface area contributed by atoms with Crippen LogP contribution in [0.5, 0.6) is 0 Å². The Balaban J connectivity index is 1.30. The van der Waals surface area contributed by atoms with Crippen molar-refractivity contribution in [2.45, 2.75) is 76.9 Å². The van der Waals surface area contributed by atoms with Crippen molar-refractivity contribution in [2.24, 2.45) is 0 Å². The summed E-state index contributed by atoms with van der Waals surface area (Å²) in [7, 11) is 2.19. The minimum atomic E-state index is -0.408. The summed E-state index contributed by atoms with van der Waals surface area (Å²) in [6.07, 6.45) is 9.34. The van der Waals surface area contributed by atoms with Gasteiger partial charge in [0.1, 0.15) is 5.82 Å². The number of halogens is 2. The van der Waals surface area contributed by atoms with Gasteiger partial charge in [0, 0.05) is 67.2 Å². The molecule has 1 saturated carbocycles. The van der Waals surface area contributed by atoms with Gasteiger partial charge in [0.25, 0.3) is 0 Å². The molecule has 3 heterocycles. The number of rotatable bonds is 11. The number of benzene rings is 2. The number of hydrogen-bond donors (Lipinski definition) is 1. The predicted octanol–water partition coefficient (Wildman–Crippen LogP) is 8.30. The Morgan fingerprint density at radius 1 is 1.00 bits per heavy atom. The fourth-order valence-electron chi connectivity index (χ4n) is 7.08. The van der Waals surface area contributed by atoms with Crippen molar-refractivity contribution in [3.8, 4) is 11.1 Å². The van der Waals surface area contributed by atoms with E-state index in [0.29, 0.717) is 22.6 Å². The van der Waals surface area contributed by atoms with Crippen molar-refractivity contribution in [3.05, 3.63) is 76.8 Å².